The van der Waals surface area contributed by atoms with Crippen molar-refractivity contribution >= 4 is 29.8 Å². The van der Waals surface area contributed by atoms with Crippen LogP contribution in [-0.4, -0.2) is 64.8 Å². The van der Waals surface area contributed by atoms with Crippen molar-refractivity contribution in [3.63, 3.8) is 0 Å². The zero-order chi connectivity index (χ0) is 36.4. The second kappa shape index (κ2) is 26.1. The third-order valence-corrected chi connectivity index (χ3v) is 7.66. The van der Waals surface area contributed by atoms with Crippen LogP contribution in [0, 0.1) is 0 Å². The van der Waals surface area contributed by atoms with Gasteiger partial charge in [-0.3, -0.25) is 14.4 Å². The van der Waals surface area contributed by atoms with Crippen LogP contribution in [0.25, 0.3) is 0 Å². The zero-order valence-electron chi connectivity index (χ0n) is 31.3. The number of ether oxygens (including phenoxy) is 2. The van der Waals surface area contributed by atoms with E-state index in [1.54, 1.807) is 41.5 Å². The van der Waals surface area contributed by atoms with Crippen molar-refractivity contribution in [1.82, 2.24) is 16.0 Å². The second-order valence-electron chi connectivity index (χ2n) is 14.9. The summed E-state index contributed by atoms with van der Waals surface area (Å²) in [6.07, 6.45) is 17.4. The summed E-state index contributed by atoms with van der Waals surface area (Å²) >= 11 is 0. The van der Waals surface area contributed by atoms with E-state index < -0.39 is 53.1 Å². The fraction of sp³-hybridized carbons (Fsp3) is 0.865. The lowest BCUT2D eigenvalue weighted by Gasteiger charge is -2.26. The molecule has 0 saturated carbocycles. The first-order valence-corrected chi connectivity index (χ1v) is 18.5. The first kappa shape index (κ1) is 45.2. The van der Waals surface area contributed by atoms with Gasteiger partial charge in [-0.05, 0) is 67.2 Å². The number of carbonyl (C=O) groups is 5. The Balaban J connectivity index is 4.98. The second-order valence-corrected chi connectivity index (χ2v) is 14.9. The quantitative estimate of drug-likeness (QED) is 0.0506. The molecular formula is C37H69N3O8. The molecule has 0 aromatic heterocycles. The molecule has 0 rings (SSSR count). The number of carbonyl (C=O) groups excluding carboxylic acids is 4. The van der Waals surface area contributed by atoms with Crippen LogP contribution < -0.4 is 16.0 Å². The zero-order valence-corrected chi connectivity index (χ0v) is 31.3. The van der Waals surface area contributed by atoms with Crippen LogP contribution in [0.4, 0.5) is 4.79 Å². The molecule has 0 aliphatic carbocycles. The Kier molecular flexibility index (Phi) is 24.5. The van der Waals surface area contributed by atoms with Gasteiger partial charge < -0.3 is 30.5 Å². The van der Waals surface area contributed by atoms with E-state index in [-0.39, 0.29) is 19.3 Å². The van der Waals surface area contributed by atoms with E-state index in [1.165, 1.54) is 64.2 Å². The van der Waals surface area contributed by atoms with E-state index in [0.717, 1.165) is 25.7 Å². The fourth-order valence-corrected chi connectivity index (χ4v) is 5.17. The average molecular weight is 684 g/mol. The van der Waals surface area contributed by atoms with Crippen LogP contribution in [0.1, 0.15) is 177 Å². The number of unbranched alkanes of at least 4 members (excludes halogenated alkanes) is 14. The lowest BCUT2D eigenvalue weighted by molar-refractivity contribution is -0.159. The molecular weight excluding hydrogens is 614 g/mol. The number of hydrogen-bond acceptors (Lipinski definition) is 7. The van der Waals surface area contributed by atoms with Gasteiger partial charge in [-0.25, -0.2) is 9.59 Å². The molecule has 4 N–H and O–H groups in total. The molecule has 0 heterocycles. The van der Waals surface area contributed by atoms with Gasteiger partial charge in [0.25, 0.3) is 0 Å². The summed E-state index contributed by atoms with van der Waals surface area (Å²) in [5.41, 5.74) is -1.36. The largest absolute Gasteiger partial charge is 0.481 e. The SMILES string of the molecule is CCCCCCCCCCCCCCCCC(NC(=O)[C@H](CCCCNC(=O)OC(C)(C)C)NC(=O)CCC(=O)O)C(=O)OC(C)(C)C. The van der Waals surface area contributed by atoms with E-state index in [9.17, 15) is 24.0 Å². The third kappa shape index (κ3) is 28.2. The van der Waals surface area contributed by atoms with Gasteiger partial charge in [-0.15, -0.1) is 0 Å². The fourth-order valence-electron chi connectivity index (χ4n) is 5.17. The van der Waals surface area contributed by atoms with Crippen LogP contribution >= 0.6 is 0 Å². The molecule has 2 atom stereocenters. The van der Waals surface area contributed by atoms with E-state index in [4.69, 9.17) is 14.6 Å². The smallest absolute Gasteiger partial charge is 0.407 e. The van der Waals surface area contributed by atoms with Gasteiger partial charge in [0.1, 0.15) is 23.3 Å². The molecule has 11 nitrogen and oxygen atoms in total. The summed E-state index contributed by atoms with van der Waals surface area (Å²) in [7, 11) is 0. The number of esters is 1. The predicted octanol–water partition coefficient (Wildman–Crippen LogP) is 7.73. The van der Waals surface area contributed by atoms with Crippen molar-refractivity contribution in [2.24, 2.45) is 0 Å². The van der Waals surface area contributed by atoms with Gasteiger partial charge in [0.15, 0.2) is 0 Å². The van der Waals surface area contributed by atoms with Crippen LogP contribution in [0.15, 0.2) is 0 Å². The van der Waals surface area contributed by atoms with Crippen molar-refractivity contribution in [2.45, 2.75) is 200 Å². The normalized spacial score (nSPS) is 12.9. The Hall–Kier alpha value is -2.85. The lowest BCUT2D eigenvalue weighted by atomic mass is 10.0. The molecule has 0 fully saturated rings. The van der Waals surface area contributed by atoms with Crippen molar-refractivity contribution in [3.05, 3.63) is 0 Å². The maximum absolute atomic E-state index is 13.4. The number of nitrogens with one attached hydrogen (secondary N) is 3. The first-order valence-electron chi connectivity index (χ1n) is 18.5. The topological polar surface area (TPSA) is 160 Å². The monoisotopic (exact) mass is 684 g/mol. The Labute approximate surface area is 290 Å². The standard InChI is InChI=1S/C37H69N3O8/c1-8-9-10-11-12-13-14-15-16-17-18-19-20-21-25-30(34(45)47-36(2,3)4)40-33(44)29(39-31(41)26-27-32(42)43)24-22-23-28-38-35(46)48-37(5,6)7/h29-30H,8-28H2,1-7H3,(H,38,46)(H,39,41)(H,40,44)(H,42,43)/t29-,30?/m0/s1. The Morgan fingerprint density at radius 2 is 1.04 bits per heavy atom. The van der Waals surface area contributed by atoms with Crippen molar-refractivity contribution in [2.75, 3.05) is 6.54 Å². The Bertz CT molecular complexity index is 927. The molecule has 0 spiro atoms. The summed E-state index contributed by atoms with van der Waals surface area (Å²) in [5, 5.41) is 17.1. The Morgan fingerprint density at radius 1 is 0.583 bits per heavy atom. The van der Waals surface area contributed by atoms with E-state index >= 15 is 0 Å². The van der Waals surface area contributed by atoms with Crippen LogP contribution in [-0.2, 0) is 28.7 Å². The van der Waals surface area contributed by atoms with E-state index in [0.29, 0.717) is 25.8 Å². The van der Waals surface area contributed by atoms with Gasteiger partial charge in [0.2, 0.25) is 11.8 Å². The van der Waals surface area contributed by atoms with E-state index in [2.05, 4.69) is 22.9 Å². The summed E-state index contributed by atoms with van der Waals surface area (Å²) in [4.78, 5) is 61.9. The molecule has 0 saturated heterocycles. The molecule has 3 amide bonds. The van der Waals surface area contributed by atoms with Crippen LogP contribution in [0.2, 0.25) is 0 Å². The highest BCUT2D eigenvalue weighted by Crippen LogP contribution is 2.16. The number of carboxylic acid groups (broad SMARTS) is 1. The summed E-state index contributed by atoms with van der Waals surface area (Å²) in [5.74, 6) is -2.73. The minimum atomic E-state index is -1.11. The minimum Gasteiger partial charge on any atom is -0.481 e. The van der Waals surface area contributed by atoms with Gasteiger partial charge in [-0.1, -0.05) is 96.8 Å². The summed E-state index contributed by atoms with van der Waals surface area (Å²) in [6.45, 7) is 13.2. The number of amides is 3. The van der Waals surface area contributed by atoms with Gasteiger partial charge >= 0.3 is 18.0 Å². The van der Waals surface area contributed by atoms with Crippen molar-refractivity contribution in [3.8, 4) is 0 Å². The lowest BCUT2D eigenvalue weighted by Crippen LogP contribution is -2.52. The van der Waals surface area contributed by atoms with Crippen LogP contribution in [0.3, 0.4) is 0 Å². The summed E-state index contributed by atoms with van der Waals surface area (Å²) < 4.78 is 10.8. The highest BCUT2D eigenvalue weighted by molar-refractivity contribution is 5.91. The molecule has 0 aromatic rings. The number of alkyl carbamates (subject to hydrolysis) is 1. The number of carboxylic acids is 1. The molecule has 280 valence electrons. The predicted molar refractivity (Wildman–Crippen MR) is 190 cm³/mol. The highest BCUT2D eigenvalue weighted by Gasteiger charge is 2.29. The third-order valence-electron chi connectivity index (χ3n) is 7.66. The number of hydrogen-bond donors (Lipinski definition) is 4. The molecule has 0 aliphatic heterocycles. The van der Waals surface area contributed by atoms with E-state index in [1.807, 2.05) is 0 Å². The maximum Gasteiger partial charge on any atom is 0.407 e. The molecule has 0 aliphatic rings. The number of rotatable bonds is 27. The molecule has 1 unspecified atom stereocenters. The first-order chi connectivity index (χ1) is 22.5. The van der Waals surface area contributed by atoms with Crippen LogP contribution in [0.5, 0.6) is 0 Å². The molecule has 11 heteroatoms. The molecule has 0 radical (unpaired) electrons. The number of aliphatic carboxylic acids is 1. The minimum absolute atomic E-state index is 0.237. The Morgan fingerprint density at radius 3 is 1.52 bits per heavy atom. The molecule has 0 aromatic carbocycles. The highest BCUT2D eigenvalue weighted by atomic mass is 16.6. The van der Waals surface area contributed by atoms with Crippen molar-refractivity contribution < 1.29 is 38.6 Å². The average Bonchev–Trinajstić information content (AvgIpc) is 2.96. The molecule has 48 heavy (non-hydrogen) atoms. The van der Waals surface area contributed by atoms with Crippen molar-refractivity contribution in [1.29, 1.82) is 0 Å². The van der Waals surface area contributed by atoms with Gasteiger partial charge in [-0.2, -0.15) is 0 Å². The van der Waals surface area contributed by atoms with Gasteiger partial charge in [0.05, 0.1) is 6.42 Å². The maximum atomic E-state index is 13.4. The molecule has 0 bridgehead atoms. The van der Waals surface area contributed by atoms with Gasteiger partial charge in [0, 0.05) is 13.0 Å². The summed E-state index contributed by atoms with van der Waals surface area (Å²) in [6, 6.07) is -1.85.